The Kier molecular flexibility index (Phi) is 22.1. The normalized spacial score (nSPS) is 11.6. The van der Waals surface area contributed by atoms with Gasteiger partial charge in [0.2, 0.25) is 11.9 Å². The smallest absolute Gasteiger partial charge is 0.252 e. The van der Waals surface area contributed by atoms with Gasteiger partial charge in [0.1, 0.15) is 5.76 Å². The van der Waals surface area contributed by atoms with Crippen molar-refractivity contribution >= 4 is 80.2 Å². The minimum atomic E-state index is -0.838. The van der Waals surface area contributed by atoms with Crippen LogP contribution in [0.15, 0.2) is 110 Å². The van der Waals surface area contributed by atoms with Crippen LogP contribution in [-0.4, -0.2) is 150 Å². The highest BCUT2D eigenvalue weighted by Gasteiger charge is 2.19. The second-order valence-electron chi connectivity index (χ2n) is 17.5. The Balaban J connectivity index is 0.660. The van der Waals surface area contributed by atoms with E-state index in [4.69, 9.17) is 46.8 Å². The third-order valence-electron chi connectivity index (χ3n) is 11.8. The highest BCUT2D eigenvalue weighted by molar-refractivity contribution is 6.34. The zero-order chi connectivity index (χ0) is 55.1. The minimum absolute atomic E-state index is 0.0180. The van der Waals surface area contributed by atoms with Gasteiger partial charge in [0.15, 0.2) is 22.8 Å². The number of nitrogens with zero attached hydrogens (tertiary/aromatic N) is 8. The summed E-state index contributed by atoms with van der Waals surface area (Å²) in [6.07, 6.45) is 5.88. The Morgan fingerprint density at radius 2 is 1.40 bits per heavy atom. The number of carbonyl (C=O) groups excluding carboxylic acids is 3. The van der Waals surface area contributed by atoms with Gasteiger partial charge in [-0.05, 0) is 66.6 Å². The van der Waals surface area contributed by atoms with Crippen molar-refractivity contribution in [2.45, 2.75) is 31.8 Å². The molecule has 0 saturated heterocycles. The van der Waals surface area contributed by atoms with E-state index in [0.717, 1.165) is 27.7 Å². The molecule has 23 nitrogen and oxygen atoms in total. The largest absolute Gasteiger partial charge is 0.511 e. The topological polar surface area (TPSA) is 311 Å². The van der Waals surface area contributed by atoms with E-state index < -0.39 is 11.9 Å². The number of carbonyl (C=O) groups is 3. The predicted molar refractivity (Wildman–Crippen MR) is 296 cm³/mol. The maximum absolute atomic E-state index is 13.1. The van der Waals surface area contributed by atoms with E-state index in [1.807, 2.05) is 48.3 Å². The molecule has 410 valence electrons. The number of fused-ring (bicyclic) bond motifs is 2. The first-order valence-corrected chi connectivity index (χ1v) is 25.5. The molecule has 0 bridgehead atoms. The van der Waals surface area contributed by atoms with Gasteiger partial charge in [-0.3, -0.25) is 19.4 Å². The van der Waals surface area contributed by atoms with Crippen LogP contribution in [0.5, 0.6) is 0 Å². The number of nitrogens with one attached hydrogen (secondary N) is 4. The molecule has 7 aromatic rings. The molecule has 0 aliphatic heterocycles. The van der Waals surface area contributed by atoms with E-state index in [0.29, 0.717) is 110 Å². The summed E-state index contributed by atoms with van der Waals surface area (Å²) in [6.45, 7) is 7.96. The number of halogens is 1. The molecule has 0 aliphatic carbocycles. The second-order valence-corrected chi connectivity index (χ2v) is 17.9. The Morgan fingerprint density at radius 1 is 0.756 bits per heavy atom. The average Bonchev–Trinajstić information content (AvgIpc) is 3.49. The summed E-state index contributed by atoms with van der Waals surface area (Å²) in [6, 6.07) is 22.9. The number of aliphatic hydroxyl groups excluding tert-OH is 1. The molecule has 0 spiro atoms. The zero-order valence-electron chi connectivity index (χ0n) is 43.2. The van der Waals surface area contributed by atoms with Crippen LogP contribution in [0, 0.1) is 0 Å². The quantitative estimate of drug-likeness (QED) is 0.0212. The van der Waals surface area contributed by atoms with E-state index in [2.05, 4.69) is 63.0 Å². The van der Waals surface area contributed by atoms with Gasteiger partial charge in [0.05, 0.1) is 107 Å². The second kappa shape index (κ2) is 29.9. The first-order valence-electron chi connectivity index (χ1n) is 25.1. The van der Waals surface area contributed by atoms with Gasteiger partial charge in [-0.1, -0.05) is 42.4 Å². The van der Waals surface area contributed by atoms with E-state index in [1.165, 1.54) is 0 Å². The molecule has 4 heterocycles. The number of nitrogen functional groups attached to an aromatic ring is 2. The lowest BCUT2D eigenvalue weighted by Crippen LogP contribution is -2.37. The number of nitrogens with two attached hydrogens (primary N) is 2. The van der Waals surface area contributed by atoms with Crippen molar-refractivity contribution in [1.29, 1.82) is 0 Å². The van der Waals surface area contributed by atoms with Crippen LogP contribution in [0.1, 0.15) is 50.5 Å². The summed E-state index contributed by atoms with van der Waals surface area (Å²) in [4.78, 5) is 61.4. The van der Waals surface area contributed by atoms with Gasteiger partial charge >= 0.3 is 0 Å². The summed E-state index contributed by atoms with van der Waals surface area (Å²) in [5.74, 6) is -0.588. The lowest BCUT2D eigenvalue weighted by molar-refractivity contribution is -0.121. The Morgan fingerprint density at radius 3 is 2.06 bits per heavy atom. The molecule has 3 aromatic carbocycles. The molecular weight excluding hydrogens is 1020 g/mol. The fourth-order valence-electron chi connectivity index (χ4n) is 7.75. The van der Waals surface area contributed by atoms with Crippen molar-refractivity contribution < 1.29 is 43.2 Å². The summed E-state index contributed by atoms with van der Waals surface area (Å²) in [5, 5.41) is 33.0. The number of pyridine rings is 1. The summed E-state index contributed by atoms with van der Waals surface area (Å²) >= 11 is 6.42. The van der Waals surface area contributed by atoms with Crippen LogP contribution in [0.25, 0.3) is 21.9 Å². The van der Waals surface area contributed by atoms with Gasteiger partial charge in [-0.25, -0.2) is 9.97 Å². The van der Waals surface area contributed by atoms with Gasteiger partial charge in [0.25, 0.3) is 11.8 Å². The van der Waals surface area contributed by atoms with Crippen LogP contribution >= 0.6 is 11.6 Å². The Hall–Kier alpha value is -8.19. The summed E-state index contributed by atoms with van der Waals surface area (Å²) in [5.41, 5.74) is 16.9. The van der Waals surface area contributed by atoms with E-state index in [-0.39, 0.29) is 68.5 Å². The molecule has 0 fully saturated rings. The van der Waals surface area contributed by atoms with Gasteiger partial charge in [-0.2, -0.15) is 15.1 Å². The van der Waals surface area contributed by atoms with E-state index >= 15 is 0 Å². The number of hydrogen-bond acceptors (Lipinski definition) is 20. The van der Waals surface area contributed by atoms with Crippen LogP contribution in [0.4, 0.5) is 29.0 Å². The highest BCUT2D eigenvalue weighted by Crippen LogP contribution is 2.29. The molecule has 78 heavy (non-hydrogen) atoms. The first-order chi connectivity index (χ1) is 37.9. The van der Waals surface area contributed by atoms with Crippen molar-refractivity contribution in [3.05, 3.63) is 143 Å². The number of hydrogen-bond donors (Lipinski definition) is 7. The van der Waals surface area contributed by atoms with Crippen LogP contribution in [0.2, 0.25) is 5.02 Å². The number of amides is 3. The minimum Gasteiger partial charge on any atom is -0.511 e. The van der Waals surface area contributed by atoms with Crippen molar-refractivity contribution in [2.24, 2.45) is 0 Å². The van der Waals surface area contributed by atoms with Crippen LogP contribution in [-0.2, 0) is 41.4 Å². The fraction of sp³-hybridized carbons (Fsp3) is 0.333. The van der Waals surface area contributed by atoms with Crippen molar-refractivity contribution in [1.82, 2.24) is 51.1 Å². The Bertz CT molecular complexity index is 3110. The molecule has 4 aromatic heterocycles. The standard InChI is InChI=1S/C54H63ClN14O9/c1-35(70)45(64-52(72)37-7-10-40(11-8-37)69(2)34-39-33-61-51-48(62-39)49(56)65-54(57)66-51)13-14-47(71)59-19-21-74-23-25-76-27-29-78-30-28-77-26-24-75-22-20-60-53(73)43-32-38(9-12-44(43)55)63-50-42-6-4-3-5-41(42)46(67-68-50)31-36-15-17-58-18-16-36/h3-12,15-18,32-33,45,70H,1,13-14,19-31,34H2,2H3,(H,59,71)(H,60,73)(H,63,68)(H,64,72)(H4,56,57,61,65,66)/t45-/m0/s1. The van der Waals surface area contributed by atoms with E-state index in [1.54, 1.807) is 61.1 Å². The molecule has 1 atom stereocenters. The molecule has 0 radical (unpaired) electrons. The number of aliphatic hydroxyl groups is 1. The molecule has 0 unspecified atom stereocenters. The fourth-order valence-corrected chi connectivity index (χ4v) is 7.96. The van der Waals surface area contributed by atoms with Crippen LogP contribution in [0.3, 0.4) is 0 Å². The van der Waals surface area contributed by atoms with Crippen molar-refractivity contribution in [3.8, 4) is 0 Å². The molecule has 24 heteroatoms. The lowest BCUT2D eigenvalue weighted by atomic mass is 10.0. The summed E-state index contributed by atoms with van der Waals surface area (Å²) < 4.78 is 27.8. The van der Waals surface area contributed by atoms with Crippen LogP contribution < -0.4 is 37.6 Å². The number of ether oxygens (including phenoxy) is 5. The molecule has 0 saturated carbocycles. The SMILES string of the molecule is C=C(O)[C@H](CCC(=O)NCCOCCOCCOCCOCCOCCNC(=O)c1cc(Nc2nnc(Cc3ccncc3)c3ccccc23)ccc1Cl)NC(=O)c1ccc(N(C)Cc2cnc3nc(N)nc(N)c3n2)cc1. The van der Waals surface area contributed by atoms with Gasteiger partial charge < -0.3 is 66.4 Å². The highest BCUT2D eigenvalue weighted by atomic mass is 35.5. The maximum Gasteiger partial charge on any atom is 0.252 e. The van der Waals surface area contributed by atoms with Crippen molar-refractivity contribution in [3.63, 3.8) is 0 Å². The van der Waals surface area contributed by atoms with Gasteiger partial charge in [0, 0.05) is 73.1 Å². The number of aromatic nitrogens is 7. The number of anilines is 5. The first kappa shape index (κ1) is 57.5. The maximum atomic E-state index is 13.1. The third-order valence-corrected chi connectivity index (χ3v) is 12.1. The molecular formula is C54H63ClN14O9. The Labute approximate surface area is 455 Å². The molecule has 3 amide bonds. The lowest BCUT2D eigenvalue weighted by Gasteiger charge is -2.20. The number of benzene rings is 3. The average molecular weight is 1090 g/mol. The third kappa shape index (κ3) is 17.7. The van der Waals surface area contributed by atoms with Crippen molar-refractivity contribution in [2.75, 3.05) is 108 Å². The van der Waals surface area contributed by atoms with Gasteiger partial charge in [-0.15, -0.1) is 5.10 Å². The van der Waals surface area contributed by atoms with E-state index in [9.17, 15) is 19.5 Å². The molecule has 7 rings (SSSR count). The predicted octanol–water partition coefficient (Wildman–Crippen LogP) is 5.13. The molecule has 0 aliphatic rings. The molecule has 9 N–H and O–H groups in total. The summed E-state index contributed by atoms with van der Waals surface area (Å²) in [7, 11) is 1.86. The monoisotopic (exact) mass is 1090 g/mol. The zero-order valence-corrected chi connectivity index (χ0v) is 43.9. The number of rotatable bonds is 32.